The van der Waals surface area contributed by atoms with Gasteiger partial charge in [-0.15, -0.1) is 0 Å². The first-order valence-corrected chi connectivity index (χ1v) is 6.17. The van der Waals surface area contributed by atoms with Crippen molar-refractivity contribution in [3.05, 3.63) is 39.9 Å². The highest BCUT2D eigenvalue weighted by Gasteiger charge is 2.48. The Morgan fingerprint density at radius 2 is 2.15 bits per heavy atom. The van der Waals surface area contributed by atoms with Gasteiger partial charge in [0.15, 0.2) is 0 Å². The van der Waals surface area contributed by atoms with E-state index in [9.17, 15) is 19.7 Å². The van der Waals surface area contributed by atoms with Crippen molar-refractivity contribution in [2.45, 2.75) is 19.4 Å². The summed E-state index contributed by atoms with van der Waals surface area (Å²) in [5.41, 5.74) is 0.568. The van der Waals surface area contributed by atoms with Crippen LogP contribution in [0, 0.1) is 22.0 Å². The summed E-state index contributed by atoms with van der Waals surface area (Å²) in [6.07, 6.45) is 0.350. The number of nitrogens with one attached hydrogen (secondary N) is 1. The molecule has 2 N–H and O–H groups in total. The number of nitro benzene ring substituents is 1. The van der Waals surface area contributed by atoms with E-state index in [1.807, 2.05) is 0 Å². The Hall–Kier alpha value is -2.44. The molecule has 1 amide bonds. The van der Waals surface area contributed by atoms with Gasteiger partial charge in [0.2, 0.25) is 5.91 Å². The van der Waals surface area contributed by atoms with E-state index in [-0.39, 0.29) is 11.6 Å². The van der Waals surface area contributed by atoms with Gasteiger partial charge in [0.25, 0.3) is 5.69 Å². The minimum Gasteiger partial charge on any atom is -0.481 e. The number of carbonyl (C=O) groups excluding carboxylic acids is 1. The monoisotopic (exact) mass is 278 g/mol. The number of benzene rings is 1. The zero-order valence-corrected chi connectivity index (χ0v) is 10.8. The van der Waals surface area contributed by atoms with E-state index in [1.54, 1.807) is 19.1 Å². The van der Waals surface area contributed by atoms with E-state index >= 15 is 0 Å². The number of hydrogen-bond acceptors (Lipinski definition) is 4. The van der Waals surface area contributed by atoms with E-state index in [2.05, 4.69) is 5.32 Å². The van der Waals surface area contributed by atoms with Crippen molar-refractivity contribution in [2.24, 2.45) is 11.8 Å². The van der Waals surface area contributed by atoms with E-state index in [0.29, 0.717) is 12.0 Å². The summed E-state index contributed by atoms with van der Waals surface area (Å²) in [5, 5.41) is 22.1. The molecular weight excluding hydrogens is 264 g/mol. The van der Waals surface area contributed by atoms with Crippen LogP contribution in [0.5, 0.6) is 0 Å². The van der Waals surface area contributed by atoms with Crippen molar-refractivity contribution in [1.29, 1.82) is 0 Å². The van der Waals surface area contributed by atoms with Crippen molar-refractivity contribution in [3.8, 4) is 0 Å². The summed E-state index contributed by atoms with van der Waals surface area (Å²) in [6.45, 7) is 1.70. The molecule has 0 aromatic heterocycles. The van der Waals surface area contributed by atoms with Gasteiger partial charge in [-0.2, -0.15) is 0 Å². The molecule has 2 rings (SSSR count). The number of nitro groups is 1. The quantitative estimate of drug-likeness (QED) is 0.626. The van der Waals surface area contributed by atoms with Crippen LogP contribution in [0.2, 0.25) is 0 Å². The fourth-order valence-corrected chi connectivity index (χ4v) is 2.07. The molecule has 3 atom stereocenters. The Morgan fingerprint density at radius 3 is 2.70 bits per heavy atom. The Bertz CT molecular complexity index is 572. The number of carbonyl (C=O) groups is 2. The van der Waals surface area contributed by atoms with Gasteiger partial charge >= 0.3 is 5.97 Å². The molecule has 7 heteroatoms. The van der Waals surface area contributed by atoms with Crippen molar-refractivity contribution < 1.29 is 19.6 Å². The minimum absolute atomic E-state index is 0.0431. The number of rotatable bonds is 5. The number of carboxylic acid groups (broad SMARTS) is 1. The molecule has 1 fully saturated rings. The zero-order valence-electron chi connectivity index (χ0n) is 10.8. The average Bonchev–Trinajstić information content (AvgIpc) is 3.19. The number of hydrogen-bond donors (Lipinski definition) is 2. The number of amides is 1. The van der Waals surface area contributed by atoms with Crippen molar-refractivity contribution in [1.82, 2.24) is 5.32 Å². The van der Waals surface area contributed by atoms with Gasteiger partial charge < -0.3 is 10.4 Å². The highest BCUT2D eigenvalue weighted by atomic mass is 16.6. The van der Waals surface area contributed by atoms with Crippen molar-refractivity contribution >= 4 is 17.6 Å². The fraction of sp³-hybridized carbons (Fsp3) is 0.385. The topological polar surface area (TPSA) is 110 Å². The third kappa shape index (κ3) is 2.93. The predicted molar refractivity (Wildman–Crippen MR) is 68.9 cm³/mol. The summed E-state index contributed by atoms with van der Waals surface area (Å²) in [4.78, 5) is 32.7. The molecule has 0 heterocycles. The number of carboxylic acids is 1. The lowest BCUT2D eigenvalue weighted by Gasteiger charge is -2.14. The summed E-state index contributed by atoms with van der Waals surface area (Å²) < 4.78 is 0. The molecule has 20 heavy (non-hydrogen) atoms. The fourth-order valence-electron chi connectivity index (χ4n) is 2.07. The smallest absolute Gasteiger partial charge is 0.307 e. The van der Waals surface area contributed by atoms with Gasteiger partial charge in [-0.25, -0.2) is 0 Å². The zero-order chi connectivity index (χ0) is 14.9. The second-order valence-electron chi connectivity index (χ2n) is 4.87. The highest BCUT2D eigenvalue weighted by molar-refractivity contribution is 5.89. The van der Waals surface area contributed by atoms with Crippen molar-refractivity contribution in [2.75, 3.05) is 0 Å². The molecule has 1 unspecified atom stereocenters. The number of non-ortho nitro benzene ring substituents is 1. The van der Waals surface area contributed by atoms with E-state index in [0.717, 1.165) is 0 Å². The van der Waals surface area contributed by atoms with Crippen LogP contribution in [-0.4, -0.2) is 21.9 Å². The molecule has 0 saturated heterocycles. The number of nitrogens with zero attached hydrogens (tertiary/aromatic N) is 1. The Labute approximate surface area is 114 Å². The summed E-state index contributed by atoms with van der Waals surface area (Å²) in [7, 11) is 0. The molecule has 1 aliphatic carbocycles. The maximum Gasteiger partial charge on any atom is 0.307 e. The Morgan fingerprint density at radius 1 is 1.45 bits per heavy atom. The van der Waals surface area contributed by atoms with E-state index < -0.39 is 28.8 Å². The van der Waals surface area contributed by atoms with Gasteiger partial charge in [0.1, 0.15) is 0 Å². The first-order chi connectivity index (χ1) is 9.40. The van der Waals surface area contributed by atoms with Crippen LogP contribution in [0.25, 0.3) is 0 Å². The second kappa shape index (κ2) is 5.28. The first kappa shape index (κ1) is 14.0. The molecule has 1 aliphatic rings. The van der Waals surface area contributed by atoms with Gasteiger partial charge in [-0.3, -0.25) is 19.7 Å². The molecule has 0 aliphatic heterocycles. The molecule has 1 saturated carbocycles. The number of aliphatic carboxylic acids is 1. The lowest BCUT2D eigenvalue weighted by atomic mass is 10.1. The van der Waals surface area contributed by atoms with Crippen LogP contribution in [0.4, 0.5) is 5.69 Å². The second-order valence-corrected chi connectivity index (χ2v) is 4.87. The molecule has 1 aromatic rings. The van der Waals surface area contributed by atoms with E-state index in [1.165, 1.54) is 12.1 Å². The standard InChI is InChI=1S/C13H14N2O5/c1-7(8-3-2-4-9(5-8)15(19)20)14-12(16)10-6-11(10)13(17)18/h2-5,7,10-11H,6H2,1H3,(H,14,16)(H,17,18)/t7?,10-,11+/m1/s1. The predicted octanol–water partition coefficient (Wildman–Crippen LogP) is 1.49. The summed E-state index contributed by atoms with van der Waals surface area (Å²) in [6, 6.07) is 5.59. The molecule has 0 radical (unpaired) electrons. The summed E-state index contributed by atoms with van der Waals surface area (Å²) >= 11 is 0. The van der Waals surface area contributed by atoms with Crippen LogP contribution >= 0.6 is 0 Å². The SMILES string of the molecule is CC(NC(=O)[C@@H]1C[C@@H]1C(=O)O)c1cccc([N+](=O)[O-])c1. The highest BCUT2D eigenvalue weighted by Crippen LogP contribution is 2.39. The Balaban J connectivity index is 2.00. The van der Waals surface area contributed by atoms with Crippen LogP contribution in [0.3, 0.4) is 0 Å². The van der Waals surface area contributed by atoms with Gasteiger partial charge in [0, 0.05) is 12.1 Å². The van der Waals surface area contributed by atoms with Crippen LogP contribution in [-0.2, 0) is 9.59 Å². The lowest BCUT2D eigenvalue weighted by molar-refractivity contribution is -0.384. The average molecular weight is 278 g/mol. The third-order valence-corrected chi connectivity index (χ3v) is 3.38. The largest absolute Gasteiger partial charge is 0.481 e. The maximum absolute atomic E-state index is 11.8. The summed E-state index contributed by atoms with van der Waals surface area (Å²) in [5.74, 6) is -2.38. The third-order valence-electron chi connectivity index (χ3n) is 3.38. The first-order valence-electron chi connectivity index (χ1n) is 6.17. The van der Waals surface area contributed by atoms with Crippen LogP contribution in [0.1, 0.15) is 24.9 Å². The normalized spacial score (nSPS) is 21.9. The molecule has 0 bridgehead atoms. The minimum atomic E-state index is -0.965. The van der Waals surface area contributed by atoms with Gasteiger partial charge in [-0.05, 0) is 18.9 Å². The van der Waals surface area contributed by atoms with Gasteiger partial charge in [0.05, 0.1) is 22.8 Å². The van der Waals surface area contributed by atoms with Crippen LogP contribution in [0.15, 0.2) is 24.3 Å². The van der Waals surface area contributed by atoms with Crippen molar-refractivity contribution in [3.63, 3.8) is 0 Å². The molecule has 7 nitrogen and oxygen atoms in total. The maximum atomic E-state index is 11.8. The van der Waals surface area contributed by atoms with E-state index in [4.69, 9.17) is 5.11 Å². The molecule has 1 aromatic carbocycles. The van der Waals surface area contributed by atoms with Gasteiger partial charge in [-0.1, -0.05) is 12.1 Å². The molecule has 0 spiro atoms. The lowest BCUT2D eigenvalue weighted by Crippen LogP contribution is -2.29. The van der Waals surface area contributed by atoms with Crippen LogP contribution < -0.4 is 5.32 Å². The Kier molecular flexibility index (Phi) is 3.69. The molecule has 106 valence electrons. The molecular formula is C13H14N2O5.